The predicted octanol–water partition coefficient (Wildman–Crippen LogP) is 1.51. The number of nitro groups is 1. The van der Waals surface area contributed by atoms with Crippen molar-refractivity contribution in [2.45, 2.75) is 26.3 Å². The summed E-state index contributed by atoms with van der Waals surface area (Å²) in [4.78, 5) is 24.7. The average molecular weight is 283 g/mol. The zero-order valence-corrected chi connectivity index (χ0v) is 11.2. The molecule has 1 atom stereocenters. The number of hydrogen-bond donors (Lipinski definition) is 3. The molecule has 1 aromatic rings. The molecule has 0 spiro atoms. The van der Waals surface area contributed by atoms with Gasteiger partial charge in [0.15, 0.2) is 0 Å². The van der Waals surface area contributed by atoms with Crippen LogP contribution >= 0.6 is 0 Å². The average Bonchev–Trinajstić information content (AvgIpc) is 2.36. The Bertz CT molecular complexity index is 504. The van der Waals surface area contributed by atoms with Crippen LogP contribution in [0.3, 0.4) is 0 Å². The van der Waals surface area contributed by atoms with E-state index in [9.17, 15) is 20.0 Å². The third-order valence-electron chi connectivity index (χ3n) is 2.64. The molecule has 20 heavy (non-hydrogen) atoms. The molecule has 8 nitrogen and oxygen atoms in total. The highest BCUT2D eigenvalue weighted by molar-refractivity contribution is 5.93. The maximum atomic E-state index is 11.0. The Kier molecular flexibility index (Phi) is 5.39. The van der Waals surface area contributed by atoms with Crippen molar-refractivity contribution in [1.82, 2.24) is 4.98 Å². The van der Waals surface area contributed by atoms with Crippen molar-refractivity contribution >= 4 is 17.5 Å². The Morgan fingerprint density at radius 2 is 2.20 bits per heavy atom. The number of aromatic carboxylic acids is 1. The van der Waals surface area contributed by atoms with E-state index in [0.29, 0.717) is 12.3 Å². The molecule has 0 fully saturated rings. The van der Waals surface area contributed by atoms with Gasteiger partial charge in [-0.25, -0.2) is 9.78 Å². The van der Waals surface area contributed by atoms with Crippen LogP contribution in [0, 0.1) is 16.0 Å². The van der Waals surface area contributed by atoms with Gasteiger partial charge in [-0.3, -0.25) is 10.1 Å². The highest BCUT2D eigenvalue weighted by Gasteiger charge is 2.21. The van der Waals surface area contributed by atoms with E-state index in [1.165, 1.54) is 0 Å². The van der Waals surface area contributed by atoms with Gasteiger partial charge in [-0.1, -0.05) is 13.8 Å². The minimum atomic E-state index is -1.40. The molecule has 0 amide bonds. The van der Waals surface area contributed by atoms with E-state index < -0.39 is 22.1 Å². The zero-order valence-electron chi connectivity index (χ0n) is 11.2. The number of aliphatic hydroxyl groups is 1. The van der Waals surface area contributed by atoms with Gasteiger partial charge in [-0.15, -0.1) is 0 Å². The number of anilines is 1. The number of hydrogen-bond acceptors (Lipinski definition) is 6. The Hall–Kier alpha value is -2.22. The maximum Gasteiger partial charge on any atom is 0.342 e. The summed E-state index contributed by atoms with van der Waals surface area (Å²) in [6.45, 7) is 3.83. The number of aromatic nitrogens is 1. The van der Waals surface area contributed by atoms with Crippen LogP contribution in [0.15, 0.2) is 12.3 Å². The van der Waals surface area contributed by atoms with Crippen molar-refractivity contribution in [2.24, 2.45) is 5.92 Å². The standard InChI is InChI=1S/C12H17N3O5/c1-7(2)3-8(6-16)14-11-4-9(12(17)18)10(5-13-11)15(19)20/h4-5,7-8,16H,3,6H2,1-2H3,(H,13,14)(H,17,18). The van der Waals surface area contributed by atoms with Gasteiger partial charge in [0.1, 0.15) is 17.6 Å². The molecule has 110 valence electrons. The second kappa shape index (κ2) is 6.80. The van der Waals surface area contributed by atoms with Gasteiger partial charge in [-0.05, 0) is 12.3 Å². The van der Waals surface area contributed by atoms with Crippen LogP contribution in [0.1, 0.15) is 30.6 Å². The molecule has 1 unspecified atom stereocenters. The number of carboxylic acid groups (broad SMARTS) is 1. The lowest BCUT2D eigenvalue weighted by Gasteiger charge is -2.18. The van der Waals surface area contributed by atoms with Crippen LogP contribution in [0.2, 0.25) is 0 Å². The second-order valence-corrected chi connectivity index (χ2v) is 4.80. The normalized spacial score (nSPS) is 12.2. The summed E-state index contributed by atoms with van der Waals surface area (Å²) in [6.07, 6.45) is 1.56. The molecule has 1 heterocycles. The van der Waals surface area contributed by atoms with Gasteiger partial charge in [-0.2, -0.15) is 0 Å². The molecule has 0 saturated carbocycles. The summed E-state index contributed by atoms with van der Waals surface area (Å²) < 4.78 is 0. The number of nitrogens with zero attached hydrogens (tertiary/aromatic N) is 2. The summed E-state index contributed by atoms with van der Waals surface area (Å²) in [5, 5.41) is 31.8. The van der Waals surface area contributed by atoms with E-state index in [1.54, 1.807) is 0 Å². The Balaban J connectivity index is 3.00. The minimum absolute atomic E-state index is 0.140. The van der Waals surface area contributed by atoms with E-state index in [2.05, 4.69) is 10.3 Å². The van der Waals surface area contributed by atoms with E-state index >= 15 is 0 Å². The summed E-state index contributed by atoms with van der Waals surface area (Å²) in [5.41, 5.74) is -0.999. The number of nitrogens with one attached hydrogen (secondary N) is 1. The van der Waals surface area contributed by atoms with Crippen LogP contribution < -0.4 is 5.32 Å². The summed E-state index contributed by atoms with van der Waals surface area (Å²) in [5.74, 6) is -0.879. The Morgan fingerprint density at radius 1 is 1.55 bits per heavy atom. The lowest BCUT2D eigenvalue weighted by atomic mass is 10.0. The van der Waals surface area contributed by atoms with E-state index in [0.717, 1.165) is 12.3 Å². The fourth-order valence-electron chi connectivity index (χ4n) is 1.80. The molecule has 3 N–H and O–H groups in total. The predicted molar refractivity (Wildman–Crippen MR) is 71.8 cm³/mol. The minimum Gasteiger partial charge on any atom is -0.477 e. The third-order valence-corrected chi connectivity index (χ3v) is 2.64. The first-order chi connectivity index (χ1) is 9.35. The first-order valence-electron chi connectivity index (χ1n) is 6.10. The number of aliphatic hydroxyl groups excluding tert-OH is 1. The highest BCUT2D eigenvalue weighted by atomic mass is 16.6. The molecule has 0 aromatic carbocycles. The van der Waals surface area contributed by atoms with E-state index in [4.69, 9.17) is 5.11 Å². The zero-order chi connectivity index (χ0) is 15.3. The van der Waals surface area contributed by atoms with E-state index in [1.807, 2.05) is 13.8 Å². The van der Waals surface area contributed by atoms with Crippen molar-refractivity contribution in [1.29, 1.82) is 0 Å². The molecular formula is C12H17N3O5. The van der Waals surface area contributed by atoms with E-state index in [-0.39, 0.29) is 18.5 Å². The summed E-state index contributed by atoms with van der Waals surface area (Å²) in [7, 11) is 0. The van der Waals surface area contributed by atoms with Gasteiger partial charge in [0, 0.05) is 6.07 Å². The summed E-state index contributed by atoms with van der Waals surface area (Å²) in [6, 6.07) is 0.814. The molecule has 0 radical (unpaired) electrons. The van der Waals surface area contributed by atoms with Crippen LogP contribution in [0.5, 0.6) is 0 Å². The molecule has 0 saturated heterocycles. The highest BCUT2D eigenvalue weighted by Crippen LogP contribution is 2.21. The number of rotatable bonds is 7. The van der Waals surface area contributed by atoms with Gasteiger partial charge >= 0.3 is 11.7 Å². The quantitative estimate of drug-likeness (QED) is 0.511. The molecule has 0 aliphatic rings. The molecule has 8 heteroatoms. The molecule has 0 aliphatic carbocycles. The fraction of sp³-hybridized carbons (Fsp3) is 0.500. The van der Waals surface area contributed by atoms with Crippen molar-refractivity contribution in [3.05, 3.63) is 27.9 Å². The third kappa shape index (κ3) is 4.16. The molecular weight excluding hydrogens is 266 g/mol. The van der Waals surface area contributed by atoms with Gasteiger partial charge in [0.2, 0.25) is 0 Å². The Morgan fingerprint density at radius 3 is 2.65 bits per heavy atom. The lowest BCUT2D eigenvalue weighted by Crippen LogP contribution is -2.26. The van der Waals surface area contributed by atoms with Gasteiger partial charge < -0.3 is 15.5 Å². The number of carboxylic acids is 1. The van der Waals surface area contributed by atoms with Gasteiger partial charge in [0.25, 0.3) is 0 Å². The van der Waals surface area contributed by atoms with Gasteiger partial charge in [0.05, 0.1) is 17.6 Å². The second-order valence-electron chi connectivity index (χ2n) is 4.80. The van der Waals surface area contributed by atoms with Crippen LogP contribution in [0.25, 0.3) is 0 Å². The van der Waals surface area contributed by atoms with Crippen LogP contribution in [0.4, 0.5) is 11.5 Å². The largest absolute Gasteiger partial charge is 0.477 e. The Labute approximate surface area is 115 Å². The van der Waals surface area contributed by atoms with Crippen LogP contribution in [-0.4, -0.2) is 38.7 Å². The molecule has 1 rings (SSSR count). The molecule has 0 aliphatic heterocycles. The van der Waals surface area contributed by atoms with Crippen molar-refractivity contribution in [2.75, 3.05) is 11.9 Å². The molecule has 0 bridgehead atoms. The number of pyridine rings is 1. The molecule has 1 aromatic heterocycles. The van der Waals surface area contributed by atoms with Crippen molar-refractivity contribution in [3.63, 3.8) is 0 Å². The lowest BCUT2D eigenvalue weighted by molar-refractivity contribution is -0.385. The first-order valence-corrected chi connectivity index (χ1v) is 6.10. The monoisotopic (exact) mass is 283 g/mol. The van der Waals surface area contributed by atoms with Crippen molar-refractivity contribution in [3.8, 4) is 0 Å². The van der Waals surface area contributed by atoms with Crippen molar-refractivity contribution < 1.29 is 19.9 Å². The maximum absolute atomic E-state index is 11.0. The van der Waals surface area contributed by atoms with Crippen LogP contribution in [-0.2, 0) is 0 Å². The first kappa shape index (κ1) is 15.8. The fourth-order valence-corrected chi connectivity index (χ4v) is 1.80. The smallest absolute Gasteiger partial charge is 0.342 e. The topological polar surface area (TPSA) is 126 Å². The number of carbonyl (C=O) groups is 1. The SMILES string of the molecule is CC(C)CC(CO)Nc1cc(C(=O)O)c([N+](=O)[O-])cn1. The summed E-state index contributed by atoms with van der Waals surface area (Å²) >= 11 is 0.